The number of carbonyl (C=O) groups is 1. The summed E-state index contributed by atoms with van der Waals surface area (Å²) in [6.07, 6.45) is 6.76. The fourth-order valence-electron chi connectivity index (χ4n) is 7.57. The van der Waals surface area contributed by atoms with Gasteiger partial charge in [-0.15, -0.1) is 0 Å². The number of halogens is 1. The van der Waals surface area contributed by atoms with Crippen molar-refractivity contribution in [2.45, 2.75) is 58.1 Å². The van der Waals surface area contributed by atoms with Crippen molar-refractivity contribution >= 4 is 62.2 Å². The highest BCUT2D eigenvalue weighted by Gasteiger charge is 2.31. The Bertz CT molecular complexity index is 1890. The topological polar surface area (TPSA) is 136 Å². The number of likely N-dealkylation sites (tertiary alicyclic amines) is 1. The maximum Gasteiger partial charge on any atom is 0.410 e. The molecular weight excluding hydrogens is 742 g/mol. The van der Waals surface area contributed by atoms with Crippen molar-refractivity contribution in [2.75, 3.05) is 99.2 Å². The van der Waals surface area contributed by atoms with E-state index in [0.29, 0.717) is 46.5 Å². The first-order valence-electron chi connectivity index (χ1n) is 19.1. The van der Waals surface area contributed by atoms with Gasteiger partial charge in [0.15, 0.2) is 5.82 Å². The van der Waals surface area contributed by atoms with Crippen LogP contribution in [0.2, 0.25) is 5.02 Å². The first kappa shape index (κ1) is 40.6. The maximum absolute atomic E-state index is 12.5. The van der Waals surface area contributed by atoms with E-state index < -0.39 is 15.6 Å². The minimum Gasteiger partial charge on any atom is -0.494 e. The summed E-state index contributed by atoms with van der Waals surface area (Å²) in [4.78, 5) is 31.0. The van der Waals surface area contributed by atoms with Crippen LogP contribution in [0, 0.1) is 5.92 Å². The van der Waals surface area contributed by atoms with Crippen LogP contribution in [0.4, 0.5) is 39.3 Å². The molecule has 4 heterocycles. The van der Waals surface area contributed by atoms with Crippen molar-refractivity contribution < 1.29 is 22.7 Å². The second-order valence-corrected chi connectivity index (χ2v) is 18.2. The highest BCUT2D eigenvalue weighted by molar-refractivity contribution is 7.92. The first-order valence-corrected chi connectivity index (χ1v) is 21.4. The monoisotopic (exact) mass is 797 g/mol. The molecule has 55 heavy (non-hydrogen) atoms. The number of carbonyl (C=O) groups excluding carboxylic acids is 1. The number of nitrogens with zero attached hydrogens (tertiary/aromatic N) is 7. The highest BCUT2D eigenvalue weighted by atomic mass is 35.5. The molecule has 6 rings (SSSR count). The molecule has 1 amide bonds. The number of hydrogen-bond donors (Lipinski definition) is 2. The third kappa shape index (κ3) is 10.6. The summed E-state index contributed by atoms with van der Waals surface area (Å²) in [5.41, 5.74) is 2.34. The van der Waals surface area contributed by atoms with Crippen LogP contribution in [0.15, 0.2) is 48.7 Å². The van der Waals surface area contributed by atoms with Crippen LogP contribution in [-0.4, -0.2) is 130 Å². The SMILES string of the molecule is COc1cc(N2CCC(N3CCN(CC4CCN(C(=O)OC(C)(C)C)CC4)CC3)CC2)ccc1Nc1ncc(Cl)c(Nc2ccccc2N(C)S(C)(=O)=O)n1. The standard InChI is InChI=1S/C39H56ClN9O5S/c1-39(2,3)54-38(50)49-17-13-28(14-18-49)27-46-21-23-48(24-22-46)29-15-19-47(20-16-29)30-11-12-33(35(25-30)53-5)43-37-41-26-31(40)36(44-37)42-32-9-7-8-10-34(32)45(4)55(6,51)52/h7-12,25-26,28-29H,13-24,27H2,1-6H3,(H2,41,42,43,44). The number of piperidine rings is 2. The zero-order valence-electron chi connectivity index (χ0n) is 32.9. The van der Waals surface area contributed by atoms with Gasteiger partial charge < -0.3 is 34.8 Å². The summed E-state index contributed by atoms with van der Waals surface area (Å²) in [5, 5.41) is 6.71. The van der Waals surface area contributed by atoms with Crippen molar-refractivity contribution in [3.8, 4) is 5.75 Å². The van der Waals surface area contributed by atoms with Gasteiger partial charge in [-0.25, -0.2) is 18.2 Å². The molecule has 3 saturated heterocycles. The Balaban J connectivity index is 0.983. The first-order chi connectivity index (χ1) is 26.2. The lowest BCUT2D eigenvalue weighted by Gasteiger charge is -2.44. The van der Waals surface area contributed by atoms with Gasteiger partial charge in [0.25, 0.3) is 0 Å². The molecule has 2 aromatic carbocycles. The summed E-state index contributed by atoms with van der Waals surface area (Å²) < 4.78 is 37.0. The number of nitrogens with one attached hydrogen (secondary N) is 2. The van der Waals surface area contributed by atoms with Crippen LogP contribution in [-0.2, 0) is 14.8 Å². The molecule has 0 radical (unpaired) electrons. The average molecular weight is 798 g/mol. The van der Waals surface area contributed by atoms with Crippen LogP contribution < -0.4 is 24.6 Å². The third-order valence-corrected chi connectivity index (χ3v) is 12.2. The van der Waals surface area contributed by atoms with Crippen molar-refractivity contribution in [1.82, 2.24) is 24.7 Å². The second kappa shape index (κ2) is 17.4. The summed E-state index contributed by atoms with van der Waals surface area (Å²) >= 11 is 6.47. The minimum atomic E-state index is -3.49. The van der Waals surface area contributed by atoms with Gasteiger partial charge in [0.2, 0.25) is 16.0 Å². The molecule has 3 aliphatic rings. The molecule has 3 aliphatic heterocycles. The second-order valence-electron chi connectivity index (χ2n) is 15.7. The number of benzene rings is 2. The van der Waals surface area contributed by atoms with E-state index in [2.05, 4.69) is 41.4 Å². The van der Waals surface area contributed by atoms with E-state index in [-0.39, 0.29) is 11.1 Å². The van der Waals surface area contributed by atoms with Crippen LogP contribution >= 0.6 is 11.6 Å². The van der Waals surface area contributed by atoms with E-state index in [1.165, 1.54) is 17.5 Å². The minimum absolute atomic E-state index is 0.185. The Morgan fingerprint density at radius 3 is 2.29 bits per heavy atom. The Kier molecular flexibility index (Phi) is 12.8. The zero-order valence-corrected chi connectivity index (χ0v) is 34.5. The molecular formula is C39H56ClN9O5S. The van der Waals surface area contributed by atoms with Gasteiger partial charge in [-0.3, -0.25) is 9.21 Å². The van der Waals surface area contributed by atoms with Gasteiger partial charge in [0.05, 0.1) is 36.6 Å². The lowest BCUT2D eigenvalue weighted by Crippen LogP contribution is -2.54. The number of ether oxygens (including phenoxy) is 2. The van der Waals surface area contributed by atoms with Crippen LogP contribution in [0.3, 0.4) is 0 Å². The van der Waals surface area contributed by atoms with Crippen LogP contribution in [0.5, 0.6) is 5.75 Å². The van der Waals surface area contributed by atoms with Gasteiger partial charge >= 0.3 is 6.09 Å². The zero-order chi connectivity index (χ0) is 39.3. The molecule has 0 spiro atoms. The molecule has 0 atom stereocenters. The number of sulfonamides is 1. The normalized spacial score (nSPS) is 18.2. The van der Waals surface area contributed by atoms with Crippen molar-refractivity contribution in [3.05, 3.63) is 53.7 Å². The number of methoxy groups -OCH3 is 1. The predicted octanol–water partition coefficient (Wildman–Crippen LogP) is 6.26. The number of para-hydroxylation sites is 2. The number of amides is 1. The molecule has 0 bridgehead atoms. The molecule has 16 heteroatoms. The molecule has 1 aromatic heterocycles. The predicted molar refractivity (Wildman–Crippen MR) is 220 cm³/mol. The summed E-state index contributed by atoms with van der Waals surface area (Å²) in [5.74, 6) is 1.92. The van der Waals surface area contributed by atoms with Gasteiger partial charge in [0, 0.05) is 83.7 Å². The van der Waals surface area contributed by atoms with Crippen LogP contribution in [0.1, 0.15) is 46.5 Å². The van der Waals surface area contributed by atoms with E-state index in [0.717, 1.165) is 96.5 Å². The average Bonchev–Trinajstić information content (AvgIpc) is 3.16. The van der Waals surface area contributed by atoms with E-state index >= 15 is 0 Å². The Morgan fingerprint density at radius 1 is 0.945 bits per heavy atom. The van der Waals surface area contributed by atoms with Crippen LogP contribution in [0.25, 0.3) is 0 Å². The number of hydrogen-bond acceptors (Lipinski definition) is 12. The van der Waals surface area contributed by atoms with Gasteiger partial charge in [0.1, 0.15) is 16.4 Å². The van der Waals surface area contributed by atoms with Crippen molar-refractivity contribution in [2.24, 2.45) is 5.92 Å². The molecule has 14 nitrogen and oxygen atoms in total. The Labute approximate surface area is 331 Å². The fourth-order valence-corrected chi connectivity index (χ4v) is 8.22. The Morgan fingerprint density at radius 2 is 1.64 bits per heavy atom. The molecule has 3 fully saturated rings. The molecule has 2 N–H and O–H groups in total. The van der Waals surface area contributed by atoms with E-state index in [1.807, 2.05) is 37.8 Å². The molecule has 300 valence electrons. The highest BCUT2D eigenvalue weighted by Crippen LogP contribution is 2.35. The van der Waals surface area contributed by atoms with E-state index in [4.69, 9.17) is 21.1 Å². The number of piperazine rings is 1. The smallest absolute Gasteiger partial charge is 0.410 e. The fraction of sp³-hybridized carbons (Fsp3) is 0.564. The number of anilines is 6. The quantitative estimate of drug-likeness (QED) is 0.227. The van der Waals surface area contributed by atoms with Gasteiger partial charge in [-0.1, -0.05) is 23.7 Å². The molecule has 0 saturated carbocycles. The number of rotatable bonds is 11. The molecule has 0 aliphatic carbocycles. The van der Waals surface area contributed by atoms with Crippen molar-refractivity contribution in [3.63, 3.8) is 0 Å². The summed E-state index contributed by atoms with van der Waals surface area (Å²) in [6, 6.07) is 13.7. The number of aromatic nitrogens is 2. The van der Waals surface area contributed by atoms with E-state index in [1.54, 1.807) is 31.4 Å². The molecule has 3 aromatic rings. The molecule has 0 unspecified atom stereocenters. The summed E-state index contributed by atoms with van der Waals surface area (Å²) in [7, 11) is -0.345. The lowest BCUT2D eigenvalue weighted by molar-refractivity contribution is 0.0152. The van der Waals surface area contributed by atoms with Crippen molar-refractivity contribution in [1.29, 1.82) is 0 Å². The lowest BCUT2D eigenvalue weighted by atomic mass is 9.96. The van der Waals surface area contributed by atoms with E-state index in [9.17, 15) is 13.2 Å². The third-order valence-electron chi connectivity index (χ3n) is 10.7. The summed E-state index contributed by atoms with van der Waals surface area (Å²) in [6.45, 7) is 14.8. The Hall–Kier alpha value is -4.05. The largest absolute Gasteiger partial charge is 0.494 e. The van der Waals surface area contributed by atoms with Gasteiger partial charge in [-0.05, 0) is 76.6 Å². The van der Waals surface area contributed by atoms with Gasteiger partial charge in [-0.2, -0.15) is 4.98 Å². The maximum atomic E-state index is 12.5.